The van der Waals surface area contributed by atoms with E-state index < -0.39 is 0 Å². The van der Waals surface area contributed by atoms with Crippen LogP contribution in [0.5, 0.6) is 0 Å². The molecular formula is C13H20N2O2. The van der Waals surface area contributed by atoms with Gasteiger partial charge in [-0.3, -0.25) is 0 Å². The summed E-state index contributed by atoms with van der Waals surface area (Å²) in [6.07, 6.45) is 6.59. The molecule has 3 rings (SSSR count). The predicted octanol–water partition coefficient (Wildman–Crippen LogP) is 2.21. The van der Waals surface area contributed by atoms with E-state index in [1.165, 1.54) is 12.8 Å². The number of hydrogen-bond acceptors (Lipinski definition) is 4. The predicted molar refractivity (Wildman–Crippen MR) is 63.8 cm³/mol. The lowest BCUT2D eigenvalue weighted by atomic mass is 9.95. The van der Waals surface area contributed by atoms with Crippen LogP contribution in [-0.4, -0.2) is 23.7 Å². The van der Waals surface area contributed by atoms with Gasteiger partial charge in [0.2, 0.25) is 0 Å². The van der Waals surface area contributed by atoms with E-state index in [9.17, 15) is 0 Å². The molecule has 2 atom stereocenters. The number of nitrogens with zero attached hydrogens (tertiary/aromatic N) is 1. The lowest BCUT2D eigenvalue weighted by Gasteiger charge is -2.15. The largest absolute Gasteiger partial charge is 0.448 e. The Hall–Kier alpha value is -0.870. The van der Waals surface area contributed by atoms with Crippen LogP contribution in [0.1, 0.15) is 50.0 Å². The van der Waals surface area contributed by atoms with Gasteiger partial charge in [-0.2, -0.15) is 0 Å². The van der Waals surface area contributed by atoms with Crippen molar-refractivity contribution in [2.75, 3.05) is 6.61 Å². The van der Waals surface area contributed by atoms with Crippen molar-refractivity contribution in [2.45, 2.75) is 57.2 Å². The van der Waals surface area contributed by atoms with Gasteiger partial charge in [0.1, 0.15) is 5.76 Å². The molecule has 0 spiro atoms. The Labute approximate surface area is 102 Å². The van der Waals surface area contributed by atoms with Gasteiger partial charge < -0.3 is 14.5 Å². The Morgan fingerprint density at radius 2 is 2.29 bits per heavy atom. The number of aromatic nitrogens is 1. The molecule has 0 amide bonds. The zero-order valence-corrected chi connectivity index (χ0v) is 10.3. The summed E-state index contributed by atoms with van der Waals surface area (Å²) in [5, 5.41) is 3.49. The van der Waals surface area contributed by atoms with Crippen molar-refractivity contribution in [2.24, 2.45) is 0 Å². The van der Waals surface area contributed by atoms with Crippen molar-refractivity contribution in [3.05, 3.63) is 17.8 Å². The van der Waals surface area contributed by atoms with E-state index in [-0.39, 0.29) is 0 Å². The van der Waals surface area contributed by atoms with Gasteiger partial charge in [0.15, 0.2) is 6.39 Å². The van der Waals surface area contributed by atoms with Gasteiger partial charge in [0.05, 0.1) is 11.8 Å². The maximum absolute atomic E-state index is 5.72. The molecule has 0 aromatic carbocycles. The lowest BCUT2D eigenvalue weighted by molar-refractivity contribution is 0.0971. The van der Waals surface area contributed by atoms with E-state index in [0.29, 0.717) is 18.1 Å². The summed E-state index contributed by atoms with van der Waals surface area (Å²) in [6.45, 7) is 3.85. The molecule has 1 saturated carbocycles. The van der Waals surface area contributed by atoms with Crippen LogP contribution in [0.2, 0.25) is 0 Å². The van der Waals surface area contributed by atoms with E-state index in [0.717, 1.165) is 37.4 Å². The first-order valence-electron chi connectivity index (χ1n) is 6.65. The molecule has 1 aliphatic heterocycles. The molecule has 2 unspecified atom stereocenters. The molecule has 1 aliphatic carbocycles. The maximum Gasteiger partial charge on any atom is 0.181 e. The van der Waals surface area contributed by atoms with E-state index in [1.54, 1.807) is 6.39 Å². The fraction of sp³-hybridized carbons (Fsp3) is 0.769. The number of hydrogen-bond donors (Lipinski definition) is 1. The second kappa shape index (κ2) is 4.78. The quantitative estimate of drug-likeness (QED) is 0.851. The van der Waals surface area contributed by atoms with Gasteiger partial charge in [0, 0.05) is 25.1 Å². The molecule has 0 bridgehead atoms. The monoisotopic (exact) mass is 236 g/mol. The Balaban J connectivity index is 1.70. The zero-order chi connectivity index (χ0) is 11.7. The number of ether oxygens (including phenoxy) is 1. The molecular weight excluding hydrogens is 216 g/mol. The summed E-state index contributed by atoms with van der Waals surface area (Å²) >= 11 is 0. The average molecular weight is 236 g/mol. The molecule has 4 heteroatoms. The highest BCUT2D eigenvalue weighted by Crippen LogP contribution is 2.34. The van der Waals surface area contributed by atoms with Crippen molar-refractivity contribution < 1.29 is 9.15 Å². The molecule has 0 radical (unpaired) electrons. The summed E-state index contributed by atoms with van der Waals surface area (Å²) in [6, 6.07) is 0.710. The first kappa shape index (κ1) is 11.2. The highest BCUT2D eigenvalue weighted by atomic mass is 16.5. The van der Waals surface area contributed by atoms with Crippen molar-refractivity contribution in [1.82, 2.24) is 10.3 Å². The number of nitrogens with one attached hydrogen (secondary N) is 1. The summed E-state index contributed by atoms with van der Waals surface area (Å²) in [5.41, 5.74) is 1.07. The molecule has 4 nitrogen and oxygen atoms in total. The minimum absolute atomic E-state index is 0.308. The molecule has 2 aliphatic rings. The standard InChI is InChI=1S/C13H20N2O2/c1-2-12-10(5-6-16-12)13-11(15-8-17-13)7-14-9-3-4-9/h8-10,12,14H,2-7H2,1H3. The minimum atomic E-state index is 0.308. The van der Waals surface area contributed by atoms with Gasteiger partial charge in [0.25, 0.3) is 0 Å². The Morgan fingerprint density at radius 1 is 1.41 bits per heavy atom. The van der Waals surface area contributed by atoms with Crippen molar-refractivity contribution >= 4 is 0 Å². The van der Waals surface area contributed by atoms with E-state index >= 15 is 0 Å². The van der Waals surface area contributed by atoms with Gasteiger partial charge >= 0.3 is 0 Å². The van der Waals surface area contributed by atoms with E-state index in [1.807, 2.05) is 0 Å². The third-order valence-electron chi connectivity index (χ3n) is 3.76. The lowest BCUT2D eigenvalue weighted by Crippen LogP contribution is -2.19. The second-order valence-corrected chi connectivity index (χ2v) is 5.03. The number of rotatable bonds is 5. The SMILES string of the molecule is CCC1OCCC1c1ocnc1CNC1CC1. The summed E-state index contributed by atoms with van der Waals surface area (Å²) in [5.74, 6) is 1.45. The Kier molecular flexibility index (Phi) is 3.16. The maximum atomic E-state index is 5.72. The minimum Gasteiger partial charge on any atom is -0.448 e. The normalized spacial score (nSPS) is 28.8. The van der Waals surface area contributed by atoms with Gasteiger partial charge in [-0.15, -0.1) is 0 Å². The molecule has 17 heavy (non-hydrogen) atoms. The first-order chi connectivity index (χ1) is 8.38. The van der Waals surface area contributed by atoms with Gasteiger partial charge in [-0.05, 0) is 25.7 Å². The smallest absolute Gasteiger partial charge is 0.181 e. The van der Waals surface area contributed by atoms with E-state index in [4.69, 9.17) is 9.15 Å². The summed E-state index contributed by atoms with van der Waals surface area (Å²) in [4.78, 5) is 4.34. The fourth-order valence-corrected chi connectivity index (χ4v) is 2.59. The molecule has 94 valence electrons. The average Bonchev–Trinajstić information content (AvgIpc) is 2.89. The van der Waals surface area contributed by atoms with Crippen LogP contribution in [0.15, 0.2) is 10.8 Å². The first-order valence-corrected chi connectivity index (χ1v) is 6.65. The van der Waals surface area contributed by atoms with Crippen LogP contribution in [0.25, 0.3) is 0 Å². The van der Waals surface area contributed by atoms with Crippen LogP contribution >= 0.6 is 0 Å². The molecule has 1 aromatic heterocycles. The highest BCUT2D eigenvalue weighted by molar-refractivity contribution is 5.16. The Morgan fingerprint density at radius 3 is 3.06 bits per heavy atom. The third kappa shape index (κ3) is 2.38. The summed E-state index contributed by atoms with van der Waals surface area (Å²) < 4.78 is 11.3. The van der Waals surface area contributed by atoms with Crippen molar-refractivity contribution in [1.29, 1.82) is 0 Å². The highest BCUT2D eigenvalue weighted by Gasteiger charge is 2.33. The van der Waals surface area contributed by atoms with Gasteiger partial charge in [-0.25, -0.2) is 4.98 Å². The third-order valence-corrected chi connectivity index (χ3v) is 3.76. The van der Waals surface area contributed by atoms with Crippen LogP contribution in [-0.2, 0) is 11.3 Å². The van der Waals surface area contributed by atoms with Gasteiger partial charge in [-0.1, -0.05) is 6.92 Å². The van der Waals surface area contributed by atoms with Crippen LogP contribution in [0, 0.1) is 0 Å². The molecule has 1 N–H and O–H groups in total. The topological polar surface area (TPSA) is 47.3 Å². The molecule has 2 fully saturated rings. The number of oxazole rings is 1. The van der Waals surface area contributed by atoms with Crippen LogP contribution < -0.4 is 5.32 Å². The molecule has 1 aromatic rings. The Bertz CT molecular complexity index is 373. The fourth-order valence-electron chi connectivity index (χ4n) is 2.59. The van der Waals surface area contributed by atoms with E-state index in [2.05, 4.69) is 17.2 Å². The van der Waals surface area contributed by atoms with Crippen LogP contribution in [0.3, 0.4) is 0 Å². The van der Waals surface area contributed by atoms with Crippen LogP contribution in [0.4, 0.5) is 0 Å². The van der Waals surface area contributed by atoms with Crippen molar-refractivity contribution in [3.8, 4) is 0 Å². The zero-order valence-electron chi connectivity index (χ0n) is 10.3. The van der Waals surface area contributed by atoms with Crippen molar-refractivity contribution in [3.63, 3.8) is 0 Å². The molecule has 1 saturated heterocycles. The second-order valence-electron chi connectivity index (χ2n) is 5.03. The summed E-state index contributed by atoms with van der Waals surface area (Å²) in [7, 11) is 0. The molecule has 2 heterocycles.